The summed E-state index contributed by atoms with van der Waals surface area (Å²) in [6.07, 6.45) is 1.47. The van der Waals surface area contributed by atoms with Crippen LogP contribution in [-0.2, 0) is 6.61 Å². The molecule has 4 nitrogen and oxygen atoms in total. The highest BCUT2D eigenvalue weighted by atomic mass is 35.5. The largest absolute Gasteiger partial charge is 0.506 e. The second-order valence-electron chi connectivity index (χ2n) is 3.02. The van der Waals surface area contributed by atoms with Gasteiger partial charge in [-0.15, -0.1) is 0 Å². The number of aliphatic hydroxyl groups excluding tert-OH is 1. The first-order valence-electron chi connectivity index (χ1n) is 4.35. The van der Waals surface area contributed by atoms with Crippen molar-refractivity contribution in [3.8, 4) is 11.4 Å². The van der Waals surface area contributed by atoms with E-state index in [9.17, 15) is 5.11 Å². The number of aromatic hydroxyl groups is 1. The number of halogens is 1. The first kappa shape index (κ1) is 10.0. The van der Waals surface area contributed by atoms with Crippen LogP contribution in [-0.4, -0.2) is 20.0 Å². The van der Waals surface area contributed by atoms with Gasteiger partial charge in [0.25, 0.3) is 0 Å². The summed E-state index contributed by atoms with van der Waals surface area (Å²) in [5.41, 5.74) is 1.02. The Balaban J connectivity index is 2.55. The number of aliphatic hydroxyl groups is 1. The molecule has 5 heteroatoms. The lowest BCUT2D eigenvalue weighted by molar-refractivity contribution is 0.282. The van der Waals surface area contributed by atoms with Gasteiger partial charge >= 0.3 is 0 Å². The molecule has 0 saturated heterocycles. The SMILES string of the molecule is OCc1cnn(-c2ccccc2O)c1Cl. The summed E-state index contributed by atoms with van der Waals surface area (Å²) in [6.45, 7) is -0.174. The van der Waals surface area contributed by atoms with Gasteiger partial charge in [-0.3, -0.25) is 0 Å². The molecule has 0 atom stereocenters. The summed E-state index contributed by atoms with van der Waals surface area (Å²) < 4.78 is 1.38. The van der Waals surface area contributed by atoms with Crippen LogP contribution in [0.3, 0.4) is 0 Å². The highest BCUT2D eigenvalue weighted by molar-refractivity contribution is 6.30. The van der Waals surface area contributed by atoms with Crippen molar-refractivity contribution in [2.75, 3.05) is 0 Å². The topological polar surface area (TPSA) is 58.3 Å². The molecule has 1 heterocycles. The van der Waals surface area contributed by atoms with Crippen molar-refractivity contribution in [1.29, 1.82) is 0 Å². The minimum Gasteiger partial charge on any atom is -0.506 e. The first-order valence-corrected chi connectivity index (χ1v) is 4.73. The van der Waals surface area contributed by atoms with E-state index in [0.29, 0.717) is 16.4 Å². The fourth-order valence-corrected chi connectivity index (χ4v) is 1.53. The molecule has 0 spiro atoms. The molecule has 1 aromatic carbocycles. The Hall–Kier alpha value is -1.52. The first-order chi connectivity index (χ1) is 7.24. The normalized spacial score (nSPS) is 10.5. The van der Waals surface area contributed by atoms with E-state index in [-0.39, 0.29) is 12.4 Å². The highest BCUT2D eigenvalue weighted by Gasteiger charge is 2.11. The lowest BCUT2D eigenvalue weighted by atomic mass is 10.3. The summed E-state index contributed by atoms with van der Waals surface area (Å²) in [5.74, 6) is 0.0898. The lowest BCUT2D eigenvalue weighted by Gasteiger charge is -2.05. The third-order valence-corrected chi connectivity index (χ3v) is 2.46. The summed E-state index contributed by atoms with van der Waals surface area (Å²) in [5, 5.41) is 22.8. The Morgan fingerprint density at radius 2 is 2.07 bits per heavy atom. The van der Waals surface area contributed by atoms with Crippen molar-refractivity contribution in [2.24, 2.45) is 0 Å². The second-order valence-corrected chi connectivity index (χ2v) is 3.38. The number of phenols is 1. The van der Waals surface area contributed by atoms with E-state index >= 15 is 0 Å². The number of hydrogen-bond acceptors (Lipinski definition) is 3. The zero-order chi connectivity index (χ0) is 10.8. The fraction of sp³-hybridized carbons (Fsp3) is 0.100. The molecule has 0 fully saturated rings. The maximum atomic E-state index is 9.59. The van der Waals surface area contributed by atoms with Gasteiger partial charge < -0.3 is 10.2 Å². The Kier molecular flexibility index (Phi) is 2.62. The zero-order valence-corrected chi connectivity index (χ0v) is 8.52. The molecule has 0 aliphatic rings. The summed E-state index contributed by atoms with van der Waals surface area (Å²) in [7, 11) is 0. The standard InChI is InChI=1S/C10H9ClN2O2/c11-10-7(6-14)5-12-13(10)8-3-1-2-4-9(8)15/h1-5,14-15H,6H2. The van der Waals surface area contributed by atoms with Crippen molar-refractivity contribution < 1.29 is 10.2 Å². The molecule has 0 unspecified atom stereocenters. The molecule has 78 valence electrons. The van der Waals surface area contributed by atoms with E-state index in [4.69, 9.17) is 16.7 Å². The van der Waals surface area contributed by atoms with Crippen LogP contribution in [0.2, 0.25) is 5.15 Å². The average molecular weight is 225 g/mol. The molecule has 0 radical (unpaired) electrons. The van der Waals surface area contributed by atoms with Crippen molar-refractivity contribution in [1.82, 2.24) is 9.78 Å². The molecule has 0 bridgehead atoms. The summed E-state index contributed by atoms with van der Waals surface area (Å²) in [6, 6.07) is 6.72. The van der Waals surface area contributed by atoms with Gasteiger partial charge in [-0.1, -0.05) is 23.7 Å². The summed E-state index contributed by atoms with van der Waals surface area (Å²) in [4.78, 5) is 0. The van der Waals surface area contributed by atoms with Gasteiger partial charge in [-0.2, -0.15) is 5.10 Å². The molecule has 0 aliphatic carbocycles. The number of rotatable bonds is 2. The van der Waals surface area contributed by atoms with E-state index in [2.05, 4.69) is 5.10 Å². The van der Waals surface area contributed by atoms with Gasteiger partial charge in [0.1, 0.15) is 16.6 Å². The second kappa shape index (κ2) is 3.92. The number of aromatic nitrogens is 2. The van der Waals surface area contributed by atoms with Gasteiger partial charge in [0.05, 0.1) is 12.8 Å². The van der Waals surface area contributed by atoms with E-state index in [0.717, 1.165) is 0 Å². The van der Waals surface area contributed by atoms with Crippen LogP contribution in [0.4, 0.5) is 0 Å². The van der Waals surface area contributed by atoms with Crippen molar-refractivity contribution in [2.45, 2.75) is 6.61 Å². The predicted octanol–water partition coefficient (Wildman–Crippen LogP) is 1.72. The molecule has 0 aliphatic heterocycles. The molecule has 2 N–H and O–H groups in total. The Bertz CT molecular complexity index is 482. The monoisotopic (exact) mass is 224 g/mol. The minimum atomic E-state index is -0.174. The fourth-order valence-electron chi connectivity index (χ4n) is 1.28. The molecular formula is C10H9ClN2O2. The number of hydrogen-bond donors (Lipinski definition) is 2. The van der Waals surface area contributed by atoms with Gasteiger partial charge in [0, 0.05) is 5.56 Å². The maximum absolute atomic E-state index is 9.59. The van der Waals surface area contributed by atoms with Crippen LogP contribution in [0, 0.1) is 0 Å². The van der Waals surface area contributed by atoms with Crippen molar-refractivity contribution in [3.05, 3.63) is 41.2 Å². The number of benzene rings is 1. The molecule has 15 heavy (non-hydrogen) atoms. The summed E-state index contributed by atoms with van der Waals surface area (Å²) >= 11 is 5.96. The van der Waals surface area contributed by atoms with E-state index in [1.807, 2.05) is 0 Å². The zero-order valence-electron chi connectivity index (χ0n) is 7.76. The number of nitrogens with zero attached hydrogens (tertiary/aromatic N) is 2. The number of para-hydroxylation sites is 2. The lowest BCUT2D eigenvalue weighted by Crippen LogP contribution is -1.96. The van der Waals surface area contributed by atoms with Crippen LogP contribution in [0.1, 0.15) is 5.56 Å². The van der Waals surface area contributed by atoms with Gasteiger partial charge in [-0.05, 0) is 12.1 Å². The molecule has 2 rings (SSSR count). The van der Waals surface area contributed by atoms with Gasteiger partial charge in [0.15, 0.2) is 0 Å². The molecule has 1 aromatic heterocycles. The Morgan fingerprint density at radius 3 is 2.67 bits per heavy atom. The van der Waals surface area contributed by atoms with Crippen LogP contribution >= 0.6 is 11.6 Å². The van der Waals surface area contributed by atoms with Crippen LogP contribution in [0.5, 0.6) is 5.75 Å². The smallest absolute Gasteiger partial charge is 0.141 e. The third kappa shape index (κ3) is 1.69. The maximum Gasteiger partial charge on any atom is 0.141 e. The van der Waals surface area contributed by atoms with Crippen LogP contribution < -0.4 is 0 Å². The Labute approximate surface area is 91.4 Å². The minimum absolute atomic E-state index is 0.0898. The predicted molar refractivity (Wildman–Crippen MR) is 56.2 cm³/mol. The van der Waals surface area contributed by atoms with Crippen LogP contribution in [0.15, 0.2) is 30.5 Å². The molecule has 0 saturated carbocycles. The average Bonchev–Trinajstić information content (AvgIpc) is 2.60. The third-order valence-electron chi connectivity index (χ3n) is 2.06. The Morgan fingerprint density at radius 1 is 1.33 bits per heavy atom. The van der Waals surface area contributed by atoms with E-state index < -0.39 is 0 Å². The van der Waals surface area contributed by atoms with E-state index in [1.54, 1.807) is 24.3 Å². The molecular weight excluding hydrogens is 216 g/mol. The van der Waals surface area contributed by atoms with Gasteiger partial charge in [0.2, 0.25) is 0 Å². The molecule has 2 aromatic rings. The van der Waals surface area contributed by atoms with Crippen molar-refractivity contribution in [3.63, 3.8) is 0 Å². The van der Waals surface area contributed by atoms with E-state index in [1.165, 1.54) is 10.9 Å². The van der Waals surface area contributed by atoms with Crippen molar-refractivity contribution >= 4 is 11.6 Å². The quantitative estimate of drug-likeness (QED) is 0.817. The van der Waals surface area contributed by atoms with Gasteiger partial charge in [-0.25, -0.2) is 4.68 Å². The highest BCUT2D eigenvalue weighted by Crippen LogP contribution is 2.25. The number of phenolic OH excluding ortho intramolecular Hbond substituents is 1. The molecule has 0 amide bonds. The van der Waals surface area contributed by atoms with Crippen LogP contribution in [0.25, 0.3) is 5.69 Å².